The molecule has 0 heterocycles. The van der Waals surface area contributed by atoms with Gasteiger partial charge in [-0.15, -0.1) is 0 Å². The maximum Gasteiger partial charge on any atom is 0.329 e. The van der Waals surface area contributed by atoms with Crippen molar-refractivity contribution in [2.24, 2.45) is 11.8 Å². The van der Waals surface area contributed by atoms with Crippen molar-refractivity contribution in [3.63, 3.8) is 0 Å². The molecule has 1 N–H and O–H groups in total. The summed E-state index contributed by atoms with van der Waals surface area (Å²) in [5.74, 6) is -0.697. The summed E-state index contributed by atoms with van der Waals surface area (Å²) in [7, 11) is 0. The van der Waals surface area contributed by atoms with E-state index >= 15 is 0 Å². The largest absolute Gasteiger partial charge is 0.459 e. The lowest BCUT2D eigenvalue weighted by molar-refractivity contribution is -0.150. The van der Waals surface area contributed by atoms with Crippen LogP contribution in [0, 0.1) is 11.8 Å². The highest BCUT2D eigenvalue weighted by Gasteiger charge is 2.26. The van der Waals surface area contributed by atoms with Crippen molar-refractivity contribution in [3.8, 4) is 0 Å². The van der Waals surface area contributed by atoms with Gasteiger partial charge in [0.25, 0.3) is 0 Å². The van der Waals surface area contributed by atoms with Crippen molar-refractivity contribution in [1.29, 1.82) is 0 Å². The molecule has 1 atom stereocenters. The normalized spacial score (nSPS) is 12.3. The van der Waals surface area contributed by atoms with Gasteiger partial charge in [-0.25, -0.2) is 4.79 Å². The number of hydrogen-bond acceptors (Lipinski definition) is 3. The van der Waals surface area contributed by atoms with Crippen LogP contribution in [0.1, 0.15) is 33.3 Å². The highest BCUT2D eigenvalue weighted by molar-refractivity contribution is 5.85. The molecule has 0 spiro atoms. The summed E-state index contributed by atoms with van der Waals surface area (Å²) in [6.07, 6.45) is 0. The van der Waals surface area contributed by atoms with Gasteiger partial charge in [0.05, 0.1) is 0 Å². The second-order valence-electron chi connectivity index (χ2n) is 5.48. The average molecular weight is 277 g/mol. The van der Waals surface area contributed by atoms with Gasteiger partial charge in [0.1, 0.15) is 12.6 Å². The summed E-state index contributed by atoms with van der Waals surface area (Å²) < 4.78 is 5.28. The molecule has 4 nitrogen and oxygen atoms in total. The Morgan fingerprint density at radius 2 is 1.70 bits per heavy atom. The number of amides is 1. The quantitative estimate of drug-likeness (QED) is 0.813. The van der Waals surface area contributed by atoms with Crippen molar-refractivity contribution in [2.75, 3.05) is 0 Å². The zero-order chi connectivity index (χ0) is 15.1. The van der Waals surface area contributed by atoms with Crippen LogP contribution in [-0.2, 0) is 20.9 Å². The molecule has 0 aromatic heterocycles. The van der Waals surface area contributed by atoms with Gasteiger partial charge in [0.15, 0.2) is 0 Å². The predicted octanol–water partition coefficient (Wildman–Crippen LogP) is 2.53. The summed E-state index contributed by atoms with van der Waals surface area (Å²) >= 11 is 0. The average Bonchev–Trinajstić information content (AvgIpc) is 2.42. The molecule has 0 saturated carbocycles. The van der Waals surface area contributed by atoms with Crippen LogP contribution < -0.4 is 5.32 Å². The Bertz CT molecular complexity index is 440. The van der Waals surface area contributed by atoms with Gasteiger partial charge in [0.2, 0.25) is 5.91 Å². The van der Waals surface area contributed by atoms with Gasteiger partial charge in [-0.1, -0.05) is 58.0 Å². The monoisotopic (exact) mass is 277 g/mol. The lowest BCUT2D eigenvalue weighted by atomic mass is 10.0. The number of benzene rings is 1. The molecule has 0 fully saturated rings. The number of rotatable bonds is 6. The molecular weight excluding hydrogens is 254 g/mol. The fraction of sp³-hybridized carbons (Fsp3) is 0.500. The smallest absolute Gasteiger partial charge is 0.329 e. The van der Waals surface area contributed by atoms with Crippen LogP contribution in [0.2, 0.25) is 0 Å². The Labute approximate surface area is 120 Å². The second-order valence-corrected chi connectivity index (χ2v) is 5.48. The van der Waals surface area contributed by atoms with Gasteiger partial charge in [-0.05, 0) is 11.5 Å². The Morgan fingerprint density at radius 3 is 2.20 bits per heavy atom. The molecule has 0 bridgehead atoms. The zero-order valence-corrected chi connectivity index (χ0v) is 12.6. The zero-order valence-electron chi connectivity index (χ0n) is 12.6. The van der Waals surface area contributed by atoms with Crippen LogP contribution in [0.3, 0.4) is 0 Å². The first-order valence-electron chi connectivity index (χ1n) is 6.92. The number of nitrogens with one attached hydrogen (secondary N) is 1. The third-order valence-electron chi connectivity index (χ3n) is 2.97. The Hall–Kier alpha value is -1.84. The van der Waals surface area contributed by atoms with Gasteiger partial charge in [0, 0.05) is 5.92 Å². The molecule has 1 rings (SSSR count). The minimum atomic E-state index is -0.603. The molecule has 1 amide bonds. The summed E-state index contributed by atoms with van der Waals surface area (Å²) in [5.41, 5.74) is 0.929. The number of esters is 1. The highest BCUT2D eigenvalue weighted by Crippen LogP contribution is 2.08. The van der Waals surface area contributed by atoms with Crippen LogP contribution in [0.15, 0.2) is 30.3 Å². The van der Waals surface area contributed by atoms with Crippen molar-refractivity contribution in [2.45, 2.75) is 40.3 Å². The number of hydrogen-bond donors (Lipinski definition) is 1. The molecule has 4 heteroatoms. The highest BCUT2D eigenvalue weighted by atomic mass is 16.5. The molecule has 1 aromatic rings. The fourth-order valence-corrected chi connectivity index (χ4v) is 1.64. The lowest BCUT2D eigenvalue weighted by Gasteiger charge is -2.21. The van der Waals surface area contributed by atoms with Crippen molar-refractivity contribution in [1.82, 2.24) is 5.32 Å². The molecule has 0 aliphatic heterocycles. The number of carbonyl (C=O) groups is 2. The molecule has 0 radical (unpaired) electrons. The molecule has 110 valence electrons. The molecule has 0 saturated heterocycles. The van der Waals surface area contributed by atoms with E-state index < -0.39 is 12.0 Å². The number of carbonyl (C=O) groups excluding carboxylic acids is 2. The molecule has 0 unspecified atom stereocenters. The van der Waals surface area contributed by atoms with Crippen LogP contribution >= 0.6 is 0 Å². The second kappa shape index (κ2) is 7.68. The van der Waals surface area contributed by atoms with E-state index in [2.05, 4.69) is 5.32 Å². The van der Waals surface area contributed by atoms with Gasteiger partial charge < -0.3 is 10.1 Å². The predicted molar refractivity (Wildman–Crippen MR) is 77.8 cm³/mol. The number of ether oxygens (including phenoxy) is 1. The molecule has 20 heavy (non-hydrogen) atoms. The van der Waals surface area contributed by atoms with Crippen molar-refractivity contribution < 1.29 is 14.3 Å². The molecule has 1 aromatic carbocycles. The van der Waals surface area contributed by atoms with Crippen LogP contribution in [-0.4, -0.2) is 17.9 Å². The van der Waals surface area contributed by atoms with Crippen LogP contribution in [0.4, 0.5) is 0 Å². The van der Waals surface area contributed by atoms with Gasteiger partial charge in [-0.3, -0.25) is 4.79 Å². The Morgan fingerprint density at radius 1 is 1.10 bits per heavy atom. The maximum absolute atomic E-state index is 12.1. The van der Waals surface area contributed by atoms with E-state index in [0.29, 0.717) is 0 Å². The minimum absolute atomic E-state index is 0.0130. The Balaban J connectivity index is 2.58. The fourth-order valence-electron chi connectivity index (χ4n) is 1.64. The SMILES string of the molecule is CC(C)C(=O)N[C@H](C(=O)OCc1ccccc1)C(C)C. The summed E-state index contributed by atoms with van der Waals surface area (Å²) in [6.45, 7) is 7.58. The lowest BCUT2D eigenvalue weighted by Crippen LogP contribution is -2.46. The van der Waals surface area contributed by atoms with Gasteiger partial charge >= 0.3 is 5.97 Å². The van der Waals surface area contributed by atoms with E-state index in [1.165, 1.54) is 0 Å². The first-order chi connectivity index (χ1) is 9.41. The van der Waals surface area contributed by atoms with E-state index in [-0.39, 0.29) is 24.3 Å². The van der Waals surface area contributed by atoms with Crippen LogP contribution in [0.5, 0.6) is 0 Å². The minimum Gasteiger partial charge on any atom is -0.459 e. The topological polar surface area (TPSA) is 55.4 Å². The summed E-state index contributed by atoms with van der Waals surface area (Å²) in [5, 5.41) is 2.74. The van der Waals surface area contributed by atoms with E-state index in [9.17, 15) is 9.59 Å². The maximum atomic E-state index is 12.1. The van der Waals surface area contributed by atoms with Gasteiger partial charge in [-0.2, -0.15) is 0 Å². The summed E-state index contributed by atoms with van der Waals surface area (Å²) in [6, 6.07) is 8.88. The van der Waals surface area contributed by atoms with E-state index in [1.807, 2.05) is 44.2 Å². The van der Waals surface area contributed by atoms with Crippen molar-refractivity contribution >= 4 is 11.9 Å². The first kappa shape index (κ1) is 16.2. The third kappa shape index (κ3) is 5.03. The first-order valence-corrected chi connectivity index (χ1v) is 6.92. The van der Waals surface area contributed by atoms with E-state index in [1.54, 1.807) is 13.8 Å². The summed E-state index contributed by atoms with van der Waals surface area (Å²) in [4.78, 5) is 23.8. The Kier molecular flexibility index (Phi) is 6.22. The van der Waals surface area contributed by atoms with E-state index in [4.69, 9.17) is 4.74 Å². The molecular formula is C16H23NO3. The van der Waals surface area contributed by atoms with Crippen LogP contribution in [0.25, 0.3) is 0 Å². The molecule has 0 aliphatic carbocycles. The standard InChI is InChI=1S/C16H23NO3/c1-11(2)14(17-15(18)12(3)4)16(19)20-10-13-8-6-5-7-9-13/h5-9,11-12,14H,10H2,1-4H3,(H,17,18)/t14-/m0/s1. The van der Waals surface area contributed by atoms with Crippen molar-refractivity contribution in [3.05, 3.63) is 35.9 Å². The van der Waals surface area contributed by atoms with E-state index in [0.717, 1.165) is 5.56 Å². The molecule has 0 aliphatic rings. The third-order valence-corrected chi connectivity index (χ3v) is 2.97.